The van der Waals surface area contributed by atoms with E-state index in [9.17, 15) is 19.7 Å². The Kier molecular flexibility index (Phi) is 4.48. The number of hydrogen-bond donors (Lipinski definition) is 2. The standard InChI is InChI=1S/C11H14N4O6/c16-10(6-14-5-7(3-13-14)15(19)20)12-4-8-1-2-9(21-8)11(17)18/h3,5,8-9H,1-2,4,6H2,(H,12,16)(H,17,18). The largest absolute Gasteiger partial charge is 0.479 e. The molecule has 1 aromatic heterocycles. The third kappa shape index (κ3) is 3.99. The van der Waals surface area contributed by atoms with Gasteiger partial charge in [0.2, 0.25) is 5.91 Å². The van der Waals surface area contributed by atoms with Crippen molar-refractivity contribution >= 4 is 17.6 Å². The summed E-state index contributed by atoms with van der Waals surface area (Å²) in [4.78, 5) is 32.2. The quantitative estimate of drug-likeness (QED) is 0.535. The molecule has 1 amide bonds. The second-order valence-corrected chi connectivity index (χ2v) is 4.62. The molecule has 2 heterocycles. The molecule has 0 aliphatic carbocycles. The molecule has 114 valence electrons. The van der Waals surface area contributed by atoms with Crippen molar-refractivity contribution in [2.75, 3.05) is 6.54 Å². The Morgan fingerprint density at radius 2 is 2.33 bits per heavy atom. The van der Waals surface area contributed by atoms with Crippen LogP contribution in [0.3, 0.4) is 0 Å². The number of rotatable bonds is 6. The minimum atomic E-state index is -1.01. The van der Waals surface area contributed by atoms with Crippen LogP contribution in [0.2, 0.25) is 0 Å². The Hall–Kier alpha value is -2.49. The summed E-state index contributed by atoms with van der Waals surface area (Å²) in [5.74, 6) is -1.39. The van der Waals surface area contributed by atoms with E-state index in [0.29, 0.717) is 12.8 Å². The van der Waals surface area contributed by atoms with E-state index in [2.05, 4.69) is 10.4 Å². The van der Waals surface area contributed by atoms with E-state index in [0.717, 1.165) is 17.1 Å². The third-order valence-corrected chi connectivity index (χ3v) is 3.05. The highest BCUT2D eigenvalue weighted by molar-refractivity contribution is 5.75. The zero-order valence-corrected chi connectivity index (χ0v) is 11.0. The number of aromatic nitrogens is 2. The van der Waals surface area contributed by atoms with Crippen LogP contribution in [-0.2, 0) is 20.9 Å². The van der Waals surface area contributed by atoms with E-state index in [1.807, 2.05) is 0 Å². The van der Waals surface area contributed by atoms with Crippen molar-refractivity contribution in [1.82, 2.24) is 15.1 Å². The van der Waals surface area contributed by atoms with E-state index in [4.69, 9.17) is 9.84 Å². The van der Waals surface area contributed by atoms with Gasteiger partial charge in [0, 0.05) is 6.54 Å². The molecule has 1 fully saturated rings. The van der Waals surface area contributed by atoms with Gasteiger partial charge in [-0.05, 0) is 12.8 Å². The summed E-state index contributed by atoms with van der Waals surface area (Å²) >= 11 is 0. The number of carbonyl (C=O) groups excluding carboxylic acids is 1. The first-order chi connectivity index (χ1) is 9.95. The Bertz CT molecular complexity index is 557. The first-order valence-corrected chi connectivity index (χ1v) is 6.27. The molecule has 2 unspecified atom stereocenters. The molecule has 21 heavy (non-hydrogen) atoms. The van der Waals surface area contributed by atoms with Crippen molar-refractivity contribution < 1.29 is 24.4 Å². The first-order valence-electron chi connectivity index (χ1n) is 6.27. The van der Waals surface area contributed by atoms with Crippen LogP contribution >= 0.6 is 0 Å². The second-order valence-electron chi connectivity index (χ2n) is 4.62. The number of ether oxygens (including phenoxy) is 1. The molecule has 0 saturated carbocycles. The number of nitrogens with zero attached hydrogens (tertiary/aromatic N) is 3. The summed E-state index contributed by atoms with van der Waals surface area (Å²) in [6.45, 7) is 0.0505. The number of carboxylic acid groups (broad SMARTS) is 1. The maximum Gasteiger partial charge on any atom is 0.332 e. The Morgan fingerprint density at radius 3 is 2.90 bits per heavy atom. The van der Waals surface area contributed by atoms with Gasteiger partial charge in [-0.3, -0.25) is 19.6 Å². The second kappa shape index (κ2) is 6.31. The van der Waals surface area contributed by atoms with Crippen molar-refractivity contribution in [1.29, 1.82) is 0 Å². The fourth-order valence-electron chi connectivity index (χ4n) is 2.00. The van der Waals surface area contributed by atoms with Crippen LogP contribution in [0.1, 0.15) is 12.8 Å². The Morgan fingerprint density at radius 1 is 1.57 bits per heavy atom. The van der Waals surface area contributed by atoms with Crippen molar-refractivity contribution in [2.45, 2.75) is 31.6 Å². The Labute approximate surface area is 118 Å². The molecule has 2 N–H and O–H groups in total. The van der Waals surface area contributed by atoms with Gasteiger partial charge < -0.3 is 15.2 Å². The van der Waals surface area contributed by atoms with Crippen LogP contribution in [0.5, 0.6) is 0 Å². The normalized spacial score (nSPS) is 21.1. The summed E-state index contributed by atoms with van der Waals surface area (Å²) in [6.07, 6.45) is 2.05. The topological polar surface area (TPSA) is 137 Å². The van der Waals surface area contributed by atoms with Gasteiger partial charge in [0.05, 0.1) is 11.0 Å². The third-order valence-electron chi connectivity index (χ3n) is 3.05. The van der Waals surface area contributed by atoms with E-state index in [1.165, 1.54) is 0 Å². The lowest BCUT2D eigenvalue weighted by molar-refractivity contribution is -0.385. The zero-order valence-electron chi connectivity index (χ0n) is 11.0. The Balaban J connectivity index is 1.75. The van der Waals surface area contributed by atoms with Gasteiger partial charge in [-0.2, -0.15) is 5.10 Å². The van der Waals surface area contributed by atoms with Gasteiger partial charge in [-0.1, -0.05) is 0 Å². The molecule has 1 aliphatic rings. The monoisotopic (exact) mass is 298 g/mol. The predicted molar refractivity (Wildman–Crippen MR) is 67.4 cm³/mol. The smallest absolute Gasteiger partial charge is 0.332 e. The molecule has 10 nitrogen and oxygen atoms in total. The van der Waals surface area contributed by atoms with Gasteiger partial charge in [0.1, 0.15) is 18.9 Å². The molecular formula is C11H14N4O6. The fourth-order valence-corrected chi connectivity index (χ4v) is 2.00. The van der Waals surface area contributed by atoms with E-state index < -0.39 is 17.0 Å². The molecule has 1 aromatic rings. The highest BCUT2D eigenvalue weighted by atomic mass is 16.6. The van der Waals surface area contributed by atoms with Crippen molar-refractivity contribution in [3.63, 3.8) is 0 Å². The van der Waals surface area contributed by atoms with Gasteiger partial charge in [-0.15, -0.1) is 0 Å². The lowest BCUT2D eigenvalue weighted by atomic mass is 10.2. The lowest BCUT2D eigenvalue weighted by Crippen LogP contribution is -2.35. The van der Waals surface area contributed by atoms with Crippen molar-refractivity contribution in [2.24, 2.45) is 0 Å². The average Bonchev–Trinajstić information content (AvgIpc) is 3.05. The SMILES string of the molecule is O=C(Cn1cc([N+](=O)[O-])cn1)NCC1CCC(C(=O)O)O1. The van der Waals surface area contributed by atoms with Crippen LogP contribution in [0.15, 0.2) is 12.4 Å². The van der Waals surface area contributed by atoms with Gasteiger partial charge in [0.15, 0.2) is 6.10 Å². The number of hydrogen-bond acceptors (Lipinski definition) is 6. The number of nitro groups is 1. The summed E-state index contributed by atoms with van der Waals surface area (Å²) in [7, 11) is 0. The van der Waals surface area contributed by atoms with Crippen molar-refractivity contribution in [3.05, 3.63) is 22.5 Å². The number of aliphatic carboxylic acids is 1. The summed E-state index contributed by atoms with van der Waals surface area (Å²) in [6, 6.07) is 0. The first kappa shape index (κ1) is 14.9. The highest BCUT2D eigenvalue weighted by Crippen LogP contribution is 2.19. The van der Waals surface area contributed by atoms with Gasteiger partial charge in [0.25, 0.3) is 0 Å². The van der Waals surface area contributed by atoms with Gasteiger partial charge >= 0.3 is 11.7 Å². The minimum absolute atomic E-state index is 0.150. The molecule has 0 aromatic carbocycles. The number of nitrogens with one attached hydrogen (secondary N) is 1. The molecule has 0 radical (unpaired) electrons. The predicted octanol–water partition coefficient (Wildman–Crippen LogP) is -0.460. The number of carboxylic acids is 1. The fraction of sp³-hybridized carbons (Fsp3) is 0.545. The highest BCUT2D eigenvalue weighted by Gasteiger charge is 2.30. The molecule has 0 spiro atoms. The van der Waals surface area contributed by atoms with Crippen LogP contribution in [0, 0.1) is 10.1 Å². The molecular weight excluding hydrogens is 284 g/mol. The van der Waals surface area contributed by atoms with Crippen LogP contribution in [0.25, 0.3) is 0 Å². The zero-order chi connectivity index (χ0) is 15.4. The molecule has 1 saturated heterocycles. The molecule has 1 aliphatic heterocycles. The van der Waals surface area contributed by atoms with Gasteiger partial charge in [-0.25, -0.2) is 4.79 Å². The van der Waals surface area contributed by atoms with Crippen LogP contribution in [0.4, 0.5) is 5.69 Å². The van der Waals surface area contributed by atoms with E-state index in [1.54, 1.807) is 0 Å². The molecule has 0 bridgehead atoms. The summed E-state index contributed by atoms with van der Waals surface area (Å²) in [5.41, 5.74) is -0.189. The molecule has 2 atom stereocenters. The minimum Gasteiger partial charge on any atom is -0.479 e. The maximum absolute atomic E-state index is 11.7. The lowest BCUT2D eigenvalue weighted by Gasteiger charge is -2.12. The van der Waals surface area contributed by atoms with E-state index >= 15 is 0 Å². The van der Waals surface area contributed by atoms with E-state index in [-0.39, 0.29) is 30.8 Å². The maximum atomic E-state index is 11.7. The van der Waals surface area contributed by atoms with Crippen LogP contribution in [-0.4, -0.2) is 50.4 Å². The van der Waals surface area contributed by atoms with Crippen LogP contribution < -0.4 is 5.32 Å². The van der Waals surface area contributed by atoms with Crippen molar-refractivity contribution in [3.8, 4) is 0 Å². The number of amides is 1. The molecule has 10 heteroatoms. The number of carbonyl (C=O) groups is 2. The summed E-state index contributed by atoms with van der Waals surface area (Å²) < 4.78 is 6.39. The summed E-state index contributed by atoms with van der Waals surface area (Å²) in [5, 5.41) is 25.5. The molecule has 2 rings (SSSR count). The average molecular weight is 298 g/mol.